The van der Waals surface area contributed by atoms with Crippen LogP contribution in [0, 0.1) is 6.92 Å². The van der Waals surface area contributed by atoms with Crippen LogP contribution in [0.1, 0.15) is 44.4 Å². The smallest absolute Gasteiger partial charge is 0.0846 e. The van der Waals surface area contributed by atoms with Crippen LogP contribution < -0.4 is 5.32 Å². The molecule has 0 saturated heterocycles. The molecule has 0 aliphatic heterocycles. The van der Waals surface area contributed by atoms with E-state index >= 15 is 0 Å². The number of rotatable bonds is 6. The molecule has 0 saturated carbocycles. The highest BCUT2D eigenvalue weighted by Crippen LogP contribution is 2.31. The summed E-state index contributed by atoms with van der Waals surface area (Å²) in [7, 11) is 1.97. The van der Waals surface area contributed by atoms with Gasteiger partial charge in [-0.25, -0.2) is 0 Å². The van der Waals surface area contributed by atoms with Gasteiger partial charge in [0.05, 0.1) is 11.6 Å². The molecule has 0 radical (unpaired) electrons. The average molecular weight is 236 g/mol. The second-order valence-electron chi connectivity index (χ2n) is 4.62. The van der Waals surface area contributed by atoms with E-state index in [4.69, 9.17) is 4.74 Å². The van der Waals surface area contributed by atoms with E-state index in [0.29, 0.717) is 0 Å². The SMILES string of the molecule is CCOC(C)(CC)C(NC)c1cncc(C)c1. The Morgan fingerprint density at radius 1 is 1.41 bits per heavy atom. The molecule has 0 aliphatic carbocycles. The molecule has 0 amide bonds. The fourth-order valence-corrected chi connectivity index (χ4v) is 2.28. The highest BCUT2D eigenvalue weighted by Gasteiger charge is 2.33. The summed E-state index contributed by atoms with van der Waals surface area (Å²) in [6, 6.07) is 2.33. The van der Waals surface area contributed by atoms with Crippen molar-refractivity contribution in [2.45, 2.75) is 45.8 Å². The monoisotopic (exact) mass is 236 g/mol. The maximum absolute atomic E-state index is 5.94. The van der Waals surface area contributed by atoms with Crippen molar-refractivity contribution in [2.75, 3.05) is 13.7 Å². The molecule has 3 heteroatoms. The minimum absolute atomic E-state index is 0.167. The number of aryl methyl sites for hydroxylation is 1. The first-order chi connectivity index (χ1) is 8.07. The highest BCUT2D eigenvalue weighted by atomic mass is 16.5. The normalized spacial score (nSPS) is 16.5. The Morgan fingerprint density at radius 2 is 2.12 bits per heavy atom. The first-order valence-corrected chi connectivity index (χ1v) is 6.30. The fraction of sp³-hybridized carbons (Fsp3) is 0.643. The summed E-state index contributed by atoms with van der Waals surface area (Å²) >= 11 is 0. The Labute approximate surface area is 105 Å². The second-order valence-corrected chi connectivity index (χ2v) is 4.62. The lowest BCUT2D eigenvalue weighted by Gasteiger charge is -2.37. The molecule has 2 unspecified atom stereocenters. The van der Waals surface area contributed by atoms with Crippen molar-refractivity contribution >= 4 is 0 Å². The summed E-state index contributed by atoms with van der Waals surface area (Å²) in [6.07, 6.45) is 4.75. The predicted molar refractivity (Wildman–Crippen MR) is 71.1 cm³/mol. The highest BCUT2D eigenvalue weighted by molar-refractivity contribution is 5.22. The molecule has 1 aromatic rings. The zero-order chi connectivity index (χ0) is 12.9. The molecular weight excluding hydrogens is 212 g/mol. The van der Waals surface area contributed by atoms with Crippen LogP contribution in [0.2, 0.25) is 0 Å². The van der Waals surface area contributed by atoms with Crippen LogP contribution in [-0.2, 0) is 4.74 Å². The lowest BCUT2D eigenvalue weighted by molar-refractivity contribution is -0.0547. The van der Waals surface area contributed by atoms with Crippen molar-refractivity contribution < 1.29 is 4.74 Å². The molecule has 0 spiro atoms. The van der Waals surface area contributed by atoms with Gasteiger partial charge in [0.25, 0.3) is 0 Å². The number of aromatic nitrogens is 1. The molecule has 1 rings (SSSR count). The third-order valence-corrected chi connectivity index (χ3v) is 3.30. The largest absolute Gasteiger partial charge is 0.374 e. The van der Waals surface area contributed by atoms with Gasteiger partial charge in [-0.15, -0.1) is 0 Å². The first kappa shape index (κ1) is 14.1. The summed E-state index contributed by atoms with van der Waals surface area (Å²) in [5, 5.41) is 3.36. The molecule has 0 aromatic carbocycles. The minimum Gasteiger partial charge on any atom is -0.374 e. The Hall–Kier alpha value is -0.930. The van der Waals surface area contributed by atoms with E-state index in [-0.39, 0.29) is 11.6 Å². The lowest BCUT2D eigenvalue weighted by Crippen LogP contribution is -2.42. The predicted octanol–water partition coefficient (Wildman–Crippen LogP) is 2.86. The number of pyridine rings is 1. The van der Waals surface area contributed by atoms with Crippen LogP contribution in [0.3, 0.4) is 0 Å². The lowest BCUT2D eigenvalue weighted by atomic mass is 9.88. The average Bonchev–Trinajstić information content (AvgIpc) is 2.30. The Kier molecular flexibility index (Phi) is 5.09. The van der Waals surface area contributed by atoms with Crippen molar-refractivity contribution in [1.29, 1.82) is 0 Å². The van der Waals surface area contributed by atoms with Crippen molar-refractivity contribution in [3.05, 3.63) is 29.6 Å². The van der Waals surface area contributed by atoms with E-state index in [1.165, 1.54) is 11.1 Å². The van der Waals surface area contributed by atoms with Crippen molar-refractivity contribution in [3.63, 3.8) is 0 Å². The van der Waals surface area contributed by atoms with Gasteiger partial charge in [0.1, 0.15) is 0 Å². The third kappa shape index (κ3) is 3.27. The van der Waals surface area contributed by atoms with Gasteiger partial charge >= 0.3 is 0 Å². The number of nitrogens with one attached hydrogen (secondary N) is 1. The van der Waals surface area contributed by atoms with Gasteiger partial charge < -0.3 is 10.1 Å². The molecule has 2 atom stereocenters. The van der Waals surface area contributed by atoms with Gasteiger partial charge in [-0.2, -0.15) is 0 Å². The summed E-state index contributed by atoms with van der Waals surface area (Å²) in [5.74, 6) is 0. The van der Waals surface area contributed by atoms with Crippen LogP contribution in [0.25, 0.3) is 0 Å². The first-order valence-electron chi connectivity index (χ1n) is 6.30. The number of hydrogen-bond acceptors (Lipinski definition) is 3. The van der Waals surface area contributed by atoms with Crippen LogP contribution >= 0.6 is 0 Å². The molecule has 3 nitrogen and oxygen atoms in total. The fourth-order valence-electron chi connectivity index (χ4n) is 2.28. The standard InChI is InChI=1S/C14H24N2O/c1-6-14(4,17-7-2)13(15-5)12-8-11(3)9-16-10-12/h8-10,13,15H,6-7H2,1-5H3. The maximum atomic E-state index is 5.94. The molecule has 0 fully saturated rings. The quantitative estimate of drug-likeness (QED) is 0.824. The number of nitrogens with zero attached hydrogens (tertiary/aromatic N) is 1. The maximum Gasteiger partial charge on any atom is 0.0846 e. The Morgan fingerprint density at radius 3 is 2.59 bits per heavy atom. The number of likely N-dealkylation sites (N-methyl/N-ethyl adjacent to an activating group) is 1. The molecule has 1 aromatic heterocycles. The van der Waals surface area contributed by atoms with Crippen LogP contribution in [-0.4, -0.2) is 24.2 Å². The van der Waals surface area contributed by atoms with Gasteiger partial charge in [-0.3, -0.25) is 4.98 Å². The molecule has 1 heterocycles. The molecule has 96 valence electrons. The summed E-state index contributed by atoms with van der Waals surface area (Å²) in [4.78, 5) is 4.27. The van der Waals surface area contributed by atoms with Gasteiger partial charge in [0.15, 0.2) is 0 Å². The van der Waals surface area contributed by atoms with Gasteiger partial charge in [0.2, 0.25) is 0 Å². The number of hydrogen-bond donors (Lipinski definition) is 1. The van der Waals surface area contributed by atoms with Gasteiger partial charge in [-0.05, 0) is 45.4 Å². The van der Waals surface area contributed by atoms with E-state index in [1.54, 1.807) is 0 Å². The van der Waals surface area contributed by atoms with Gasteiger partial charge in [0, 0.05) is 19.0 Å². The van der Waals surface area contributed by atoms with Crippen molar-refractivity contribution in [3.8, 4) is 0 Å². The van der Waals surface area contributed by atoms with Gasteiger partial charge in [-0.1, -0.05) is 13.0 Å². The van der Waals surface area contributed by atoms with Crippen molar-refractivity contribution in [1.82, 2.24) is 10.3 Å². The van der Waals surface area contributed by atoms with E-state index in [2.05, 4.69) is 37.1 Å². The zero-order valence-corrected chi connectivity index (χ0v) is 11.6. The zero-order valence-electron chi connectivity index (χ0n) is 11.6. The van der Waals surface area contributed by atoms with E-state index in [9.17, 15) is 0 Å². The molecule has 0 bridgehead atoms. The van der Waals surface area contributed by atoms with Crippen LogP contribution in [0.4, 0.5) is 0 Å². The van der Waals surface area contributed by atoms with Crippen LogP contribution in [0.15, 0.2) is 18.5 Å². The topological polar surface area (TPSA) is 34.1 Å². The van der Waals surface area contributed by atoms with E-state index < -0.39 is 0 Å². The third-order valence-electron chi connectivity index (χ3n) is 3.30. The molecule has 0 aliphatic rings. The molecular formula is C14H24N2O. The summed E-state index contributed by atoms with van der Waals surface area (Å²) < 4.78 is 5.94. The van der Waals surface area contributed by atoms with Crippen molar-refractivity contribution in [2.24, 2.45) is 0 Å². The molecule has 17 heavy (non-hydrogen) atoms. The number of ether oxygens (including phenoxy) is 1. The second kappa shape index (κ2) is 6.12. The Bertz CT molecular complexity index is 354. The van der Waals surface area contributed by atoms with E-state index in [0.717, 1.165) is 13.0 Å². The summed E-state index contributed by atoms with van der Waals surface area (Å²) in [5.41, 5.74) is 2.17. The molecule has 1 N–H and O–H groups in total. The van der Waals surface area contributed by atoms with Crippen LogP contribution in [0.5, 0.6) is 0 Å². The Balaban J connectivity index is 3.04. The minimum atomic E-state index is -0.195. The van der Waals surface area contributed by atoms with E-state index in [1.807, 2.05) is 26.4 Å². The summed E-state index contributed by atoms with van der Waals surface area (Å²) in [6.45, 7) is 9.13.